The van der Waals surface area contributed by atoms with Crippen LogP contribution >= 0.6 is 0 Å². The maximum absolute atomic E-state index is 12.8. The molecule has 6 nitrogen and oxygen atoms in total. The molecule has 0 aliphatic carbocycles. The highest BCUT2D eigenvalue weighted by Crippen LogP contribution is 2.08. The topological polar surface area (TPSA) is 70.2 Å². The molecular formula is C17H22FN5O. The van der Waals surface area contributed by atoms with E-state index in [1.54, 1.807) is 24.3 Å². The fourth-order valence-electron chi connectivity index (χ4n) is 2.08. The summed E-state index contributed by atoms with van der Waals surface area (Å²) in [4.78, 5) is 14.1. The summed E-state index contributed by atoms with van der Waals surface area (Å²) in [5.74, 6) is 0.521. The Morgan fingerprint density at radius 2 is 1.75 bits per heavy atom. The Balaban J connectivity index is 1.78. The van der Waals surface area contributed by atoms with Gasteiger partial charge in [-0.2, -0.15) is 0 Å². The molecule has 0 bridgehead atoms. The van der Waals surface area contributed by atoms with E-state index in [4.69, 9.17) is 0 Å². The lowest BCUT2D eigenvalue weighted by atomic mass is 10.1. The van der Waals surface area contributed by atoms with Gasteiger partial charge in [0.25, 0.3) is 0 Å². The number of amides is 1. The highest BCUT2D eigenvalue weighted by atomic mass is 19.1. The van der Waals surface area contributed by atoms with Crippen LogP contribution in [0.25, 0.3) is 0 Å². The molecule has 1 aromatic heterocycles. The Labute approximate surface area is 141 Å². The molecule has 0 radical (unpaired) electrons. The smallest absolute Gasteiger partial charge is 0.229 e. The van der Waals surface area contributed by atoms with E-state index in [2.05, 4.69) is 25.7 Å². The first kappa shape index (κ1) is 17.8. The average Bonchev–Trinajstić information content (AvgIpc) is 2.55. The third kappa shape index (κ3) is 6.29. The van der Waals surface area contributed by atoms with E-state index in [-0.39, 0.29) is 18.1 Å². The molecule has 1 aromatic carbocycles. The van der Waals surface area contributed by atoms with Crippen LogP contribution in [0, 0.1) is 5.82 Å². The Bertz CT molecular complexity index is 643. The minimum absolute atomic E-state index is 0.159. The van der Waals surface area contributed by atoms with E-state index < -0.39 is 0 Å². The van der Waals surface area contributed by atoms with Gasteiger partial charge in [0.1, 0.15) is 11.6 Å². The molecule has 0 spiro atoms. The Morgan fingerprint density at radius 3 is 2.38 bits per heavy atom. The summed E-state index contributed by atoms with van der Waals surface area (Å²) in [5, 5.41) is 13.9. The summed E-state index contributed by atoms with van der Waals surface area (Å²) in [7, 11) is 4.06. The minimum Gasteiger partial charge on any atom is -0.369 e. The number of carbonyl (C=O) groups excluding carboxylic acids is 1. The van der Waals surface area contributed by atoms with Crippen LogP contribution in [-0.2, 0) is 11.2 Å². The summed E-state index contributed by atoms with van der Waals surface area (Å²) in [6.45, 7) is 1.81. The van der Waals surface area contributed by atoms with Crippen LogP contribution in [0.1, 0.15) is 12.0 Å². The van der Waals surface area contributed by atoms with Crippen LogP contribution in [0.3, 0.4) is 0 Å². The van der Waals surface area contributed by atoms with Crippen LogP contribution in [0.4, 0.5) is 16.0 Å². The quantitative estimate of drug-likeness (QED) is 0.726. The predicted molar refractivity (Wildman–Crippen MR) is 92.4 cm³/mol. The second-order valence-corrected chi connectivity index (χ2v) is 5.74. The number of halogens is 1. The van der Waals surface area contributed by atoms with E-state index >= 15 is 0 Å². The van der Waals surface area contributed by atoms with Crippen molar-refractivity contribution in [3.05, 3.63) is 47.8 Å². The molecular weight excluding hydrogens is 309 g/mol. The number of hydrogen-bond acceptors (Lipinski definition) is 5. The zero-order valence-corrected chi connectivity index (χ0v) is 13.9. The largest absolute Gasteiger partial charge is 0.369 e. The molecule has 2 N–H and O–H groups in total. The van der Waals surface area contributed by atoms with Gasteiger partial charge in [-0.05, 0) is 56.9 Å². The molecule has 1 heterocycles. The molecule has 0 fully saturated rings. The number of benzene rings is 1. The van der Waals surface area contributed by atoms with Crippen LogP contribution < -0.4 is 10.6 Å². The van der Waals surface area contributed by atoms with Crippen LogP contribution in [0.15, 0.2) is 36.4 Å². The van der Waals surface area contributed by atoms with Crippen LogP contribution in [0.2, 0.25) is 0 Å². The monoisotopic (exact) mass is 331 g/mol. The van der Waals surface area contributed by atoms with Crippen molar-refractivity contribution in [3.8, 4) is 0 Å². The molecule has 0 aliphatic rings. The molecule has 7 heteroatoms. The molecule has 2 aromatic rings. The normalized spacial score (nSPS) is 10.7. The van der Waals surface area contributed by atoms with Gasteiger partial charge in [0.05, 0.1) is 6.42 Å². The highest BCUT2D eigenvalue weighted by molar-refractivity contribution is 5.91. The number of nitrogens with zero attached hydrogens (tertiary/aromatic N) is 3. The van der Waals surface area contributed by atoms with Gasteiger partial charge in [-0.3, -0.25) is 4.79 Å². The van der Waals surface area contributed by atoms with Crippen molar-refractivity contribution in [1.29, 1.82) is 0 Å². The lowest BCUT2D eigenvalue weighted by molar-refractivity contribution is -0.115. The lowest BCUT2D eigenvalue weighted by Crippen LogP contribution is -2.17. The highest BCUT2D eigenvalue weighted by Gasteiger charge is 2.06. The number of carbonyl (C=O) groups is 1. The zero-order chi connectivity index (χ0) is 17.4. The first-order valence-corrected chi connectivity index (χ1v) is 7.79. The maximum Gasteiger partial charge on any atom is 0.229 e. The number of aromatic nitrogens is 2. The van der Waals surface area contributed by atoms with E-state index in [0.29, 0.717) is 11.6 Å². The lowest BCUT2D eigenvalue weighted by Gasteiger charge is -2.10. The number of rotatable bonds is 8. The van der Waals surface area contributed by atoms with Crippen LogP contribution in [-0.4, -0.2) is 48.2 Å². The van der Waals surface area contributed by atoms with Gasteiger partial charge in [0.2, 0.25) is 5.91 Å². The summed E-state index contributed by atoms with van der Waals surface area (Å²) >= 11 is 0. The molecule has 0 saturated carbocycles. The number of anilines is 2. The van der Waals surface area contributed by atoms with E-state index in [0.717, 1.165) is 25.1 Å². The summed E-state index contributed by atoms with van der Waals surface area (Å²) in [5.41, 5.74) is 0.737. The Morgan fingerprint density at radius 1 is 1.08 bits per heavy atom. The van der Waals surface area contributed by atoms with Crippen molar-refractivity contribution >= 4 is 17.5 Å². The fraction of sp³-hybridized carbons (Fsp3) is 0.353. The molecule has 2 rings (SSSR count). The predicted octanol–water partition coefficient (Wildman–Crippen LogP) is 2.16. The second-order valence-electron chi connectivity index (χ2n) is 5.74. The first-order chi connectivity index (χ1) is 11.5. The van der Waals surface area contributed by atoms with Gasteiger partial charge < -0.3 is 15.5 Å². The van der Waals surface area contributed by atoms with Gasteiger partial charge in [0, 0.05) is 6.54 Å². The molecule has 0 aliphatic heterocycles. The van der Waals surface area contributed by atoms with E-state index in [9.17, 15) is 9.18 Å². The third-order valence-corrected chi connectivity index (χ3v) is 3.30. The van der Waals surface area contributed by atoms with E-state index in [1.807, 2.05) is 14.1 Å². The summed E-state index contributed by atoms with van der Waals surface area (Å²) in [6.07, 6.45) is 1.16. The van der Waals surface area contributed by atoms with Crippen molar-refractivity contribution < 1.29 is 9.18 Å². The molecule has 0 saturated heterocycles. The minimum atomic E-state index is -0.321. The number of hydrogen-bond donors (Lipinski definition) is 2. The van der Waals surface area contributed by atoms with Crippen molar-refractivity contribution in [2.75, 3.05) is 37.8 Å². The summed E-state index contributed by atoms with van der Waals surface area (Å²) < 4.78 is 12.8. The van der Waals surface area contributed by atoms with Crippen molar-refractivity contribution in [1.82, 2.24) is 15.1 Å². The van der Waals surface area contributed by atoms with Crippen molar-refractivity contribution in [2.24, 2.45) is 0 Å². The molecule has 24 heavy (non-hydrogen) atoms. The molecule has 1 amide bonds. The standard InChI is InChI=1S/C17H22FN5O/c1-23(2)11-3-10-19-15-8-9-16(22-21-15)20-17(24)12-13-4-6-14(18)7-5-13/h4-9H,3,10-12H2,1-2H3,(H,19,21)(H,20,22,24). The molecule has 128 valence electrons. The maximum atomic E-state index is 12.8. The average molecular weight is 331 g/mol. The molecule has 0 atom stereocenters. The fourth-order valence-corrected chi connectivity index (χ4v) is 2.08. The zero-order valence-electron chi connectivity index (χ0n) is 13.9. The van der Waals surface area contributed by atoms with Crippen LogP contribution in [0.5, 0.6) is 0 Å². The second kappa shape index (κ2) is 8.93. The van der Waals surface area contributed by atoms with E-state index in [1.165, 1.54) is 12.1 Å². The SMILES string of the molecule is CN(C)CCCNc1ccc(NC(=O)Cc2ccc(F)cc2)nn1. The van der Waals surface area contributed by atoms with Gasteiger partial charge in [-0.25, -0.2) is 4.39 Å². The summed E-state index contributed by atoms with van der Waals surface area (Å²) in [6, 6.07) is 9.31. The third-order valence-electron chi connectivity index (χ3n) is 3.30. The van der Waals surface area contributed by atoms with Gasteiger partial charge >= 0.3 is 0 Å². The Hall–Kier alpha value is -2.54. The van der Waals surface area contributed by atoms with Crippen molar-refractivity contribution in [2.45, 2.75) is 12.8 Å². The van der Waals surface area contributed by atoms with Gasteiger partial charge in [-0.15, -0.1) is 10.2 Å². The van der Waals surface area contributed by atoms with Gasteiger partial charge in [0.15, 0.2) is 5.82 Å². The number of nitrogens with one attached hydrogen (secondary N) is 2. The molecule has 0 unspecified atom stereocenters. The Kier molecular flexibility index (Phi) is 6.62. The van der Waals surface area contributed by atoms with Gasteiger partial charge in [-0.1, -0.05) is 12.1 Å². The first-order valence-electron chi connectivity index (χ1n) is 7.79. The van der Waals surface area contributed by atoms with Crippen molar-refractivity contribution in [3.63, 3.8) is 0 Å².